The molecule has 0 bridgehead atoms. The van der Waals surface area contributed by atoms with Crippen molar-refractivity contribution in [2.24, 2.45) is 0 Å². The van der Waals surface area contributed by atoms with E-state index in [0.29, 0.717) is 11.4 Å². The molecule has 1 heterocycles. The zero-order chi connectivity index (χ0) is 15.4. The number of carbonyl (C=O) groups excluding carboxylic acids is 1. The summed E-state index contributed by atoms with van der Waals surface area (Å²) in [4.78, 5) is 14.0. The fraction of sp³-hybridized carbons (Fsp3) is 0.312. The SMILES string of the molecule is CCc1sc(C(=O)NCc2ccc(F)c(CO)c2)cc1C. The normalized spacial score (nSPS) is 10.7. The standard InChI is InChI=1S/C16H18FNO2S/c1-3-14-10(2)6-15(21-14)16(20)18-8-11-4-5-13(17)12(7-11)9-19/h4-7,19H,3,8-9H2,1-2H3,(H,18,20). The maximum absolute atomic E-state index is 13.3. The van der Waals surface area contributed by atoms with Crippen molar-refractivity contribution < 1.29 is 14.3 Å². The fourth-order valence-electron chi connectivity index (χ4n) is 2.11. The number of hydrogen-bond donors (Lipinski definition) is 2. The zero-order valence-electron chi connectivity index (χ0n) is 12.1. The molecule has 3 nitrogen and oxygen atoms in total. The van der Waals surface area contributed by atoms with Gasteiger partial charge in [-0.3, -0.25) is 4.79 Å². The van der Waals surface area contributed by atoms with Gasteiger partial charge in [-0.1, -0.05) is 13.0 Å². The minimum absolute atomic E-state index is 0.127. The minimum Gasteiger partial charge on any atom is -0.392 e. The number of nitrogens with one attached hydrogen (secondary N) is 1. The summed E-state index contributed by atoms with van der Waals surface area (Å²) in [6.07, 6.45) is 0.918. The lowest BCUT2D eigenvalue weighted by atomic mass is 10.1. The number of amides is 1. The molecule has 0 radical (unpaired) electrons. The van der Waals surface area contributed by atoms with Crippen molar-refractivity contribution >= 4 is 17.2 Å². The van der Waals surface area contributed by atoms with Crippen LogP contribution in [0, 0.1) is 12.7 Å². The number of halogens is 1. The molecule has 5 heteroatoms. The molecule has 1 aromatic carbocycles. The molecule has 1 amide bonds. The Labute approximate surface area is 127 Å². The first kappa shape index (κ1) is 15.7. The van der Waals surface area contributed by atoms with Crippen molar-refractivity contribution in [1.29, 1.82) is 0 Å². The summed E-state index contributed by atoms with van der Waals surface area (Å²) in [7, 11) is 0. The molecule has 0 unspecified atom stereocenters. The van der Waals surface area contributed by atoms with Crippen molar-refractivity contribution in [2.75, 3.05) is 0 Å². The number of hydrogen-bond acceptors (Lipinski definition) is 3. The van der Waals surface area contributed by atoms with Crippen LogP contribution in [-0.2, 0) is 19.6 Å². The Morgan fingerprint density at radius 3 is 2.76 bits per heavy atom. The second kappa shape index (κ2) is 6.83. The van der Waals surface area contributed by atoms with Crippen molar-refractivity contribution in [3.05, 3.63) is 56.5 Å². The van der Waals surface area contributed by atoms with Crippen LogP contribution >= 0.6 is 11.3 Å². The molecule has 0 aliphatic carbocycles. The molecule has 2 aromatic rings. The van der Waals surface area contributed by atoms with E-state index < -0.39 is 5.82 Å². The van der Waals surface area contributed by atoms with Crippen molar-refractivity contribution in [1.82, 2.24) is 5.32 Å². The highest BCUT2D eigenvalue weighted by atomic mass is 32.1. The van der Waals surface area contributed by atoms with E-state index in [2.05, 4.69) is 12.2 Å². The molecule has 2 rings (SSSR count). The molecular formula is C16H18FNO2S. The quantitative estimate of drug-likeness (QED) is 0.891. The smallest absolute Gasteiger partial charge is 0.261 e. The first-order valence-electron chi connectivity index (χ1n) is 6.80. The summed E-state index contributed by atoms with van der Waals surface area (Å²) in [5.41, 5.74) is 2.14. The average molecular weight is 307 g/mol. The molecule has 1 aromatic heterocycles. The third-order valence-electron chi connectivity index (χ3n) is 3.30. The van der Waals surface area contributed by atoms with Crippen LogP contribution in [0.4, 0.5) is 4.39 Å². The Bertz CT molecular complexity index is 652. The van der Waals surface area contributed by atoms with Crippen LogP contribution in [0.15, 0.2) is 24.3 Å². The molecule has 112 valence electrons. The molecule has 0 spiro atoms. The summed E-state index contributed by atoms with van der Waals surface area (Å²) in [6.45, 7) is 4.02. The zero-order valence-corrected chi connectivity index (χ0v) is 12.9. The number of carbonyl (C=O) groups is 1. The highest BCUT2D eigenvalue weighted by Crippen LogP contribution is 2.22. The van der Waals surface area contributed by atoms with Gasteiger partial charge in [0.25, 0.3) is 5.91 Å². The van der Waals surface area contributed by atoms with Crippen LogP contribution in [0.5, 0.6) is 0 Å². The summed E-state index contributed by atoms with van der Waals surface area (Å²) >= 11 is 1.50. The number of aryl methyl sites for hydroxylation is 2. The number of aliphatic hydroxyl groups excluding tert-OH is 1. The van der Waals surface area contributed by atoms with E-state index in [1.54, 1.807) is 12.1 Å². The van der Waals surface area contributed by atoms with E-state index in [1.807, 2.05) is 13.0 Å². The van der Waals surface area contributed by atoms with Crippen LogP contribution in [0.2, 0.25) is 0 Å². The van der Waals surface area contributed by atoms with E-state index >= 15 is 0 Å². The van der Waals surface area contributed by atoms with Gasteiger partial charge in [-0.2, -0.15) is 0 Å². The summed E-state index contributed by atoms with van der Waals surface area (Å²) in [5, 5.41) is 11.9. The number of thiophene rings is 1. The first-order chi connectivity index (χ1) is 10.0. The Morgan fingerprint density at radius 1 is 1.38 bits per heavy atom. The van der Waals surface area contributed by atoms with E-state index in [-0.39, 0.29) is 18.1 Å². The molecule has 0 saturated heterocycles. The number of benzene rings is 1. The fourth-order valence-corrected chi connectivity index (χ4v) is 3.14. The number of rotatable bonds is 5. The summed E-state index contributed by atoms with van der Waals surface area (Å²) in [6, 6.07) is 6.36. The molecule has 0 fully saturated rings. The lowest BCUT2D eigenvalue weighted by molar-refractivity contribution is 0.0955. The van der Waals surface area contributed by atoms with Crippen LogP contribution in [-0.4, -0.2) is 11.0 Å². The molecular weight excluding hydrogens is 289 g/mol. The largest absolute Gasteiger partial charge is 0.392 e. The van der Waals surface area contributed by atoms with Gasteiger partial charge in [0.05, 0.1) is 11.5 Å². The molecule has 0 saturated carbocycles. The highest BCUT2D eigenvalue weighted by molar-refractivity contribution is 7.14. The van der Waals surface area contributed by atoms with Gasteiger partial charge in [0.15, 0.2) is 0 Å². The average Bonchev–Trinajstić information content (AvgIpc) is 2.87. The maximum Gasteiger partial charge on any atom is 0.261 e. The molecule has 0 atom stereocenters. The van der Waals surface area contributed by atoms with Crippen molar-refractivity contribution in [3.8, 4) is 0 Å². The Hall–Kier alpha value is -1.72. The van der Waals surface area contributed by atoms with Gasteiger partial charge in [-0.15, -0.1) is 11.3 Å². The van der Waals surface area contributed by atoms with Gasteiger partial charge in [-0.05, 0) is 42.7 Å². The predicted molar refractivity (Wildman–Crippen MR) is 81.9 cm³/mol. The van der Waals surface area contributed by atoms with Crippen molar-refractivity contribution in [2.45, 2.75) is 33.4 Å². The second-order valence-electron chi connectivity index (χ2n) is 4.84. The maximum atomic E-state index is 13.3. The van der Waals surface area contributed by atoms with Gasteiger partial charge in [-0.25, -0.2) is 4.39 Å². The molecule has 0 aliphatic rings. The third-order valence-corrected chi connectivity index (χ3v) is 4.68. The second-order valence-corrected chi connectivity index (χ2v) is 5.97. The van der Waals surface area contributed by atoms with Crippen LogP contribution in [0.3, 0.4) is 0 Å². The monoisotopic (exact) mass is 307 g/mol. The van der Waals surface area contributed by atoms with E-state index in [4.69, 9.17) is 5.11 Å². The van der Waals surface area contributed by atoms with Gasteiger partial charge < -0.3 is 10.4 Å². The van der Waals surface area contributed by atoms with E-state index in [9.17, 15) is 9.18 Å². The molecule has 21 heavy (non-hydrogen) atoms. The van der Waals surface area contributed by atoms with Crippen molar-refractivity contribution in [3.63, 3.8) is 0 Å². The van der Waals surface area contributed by atoms with Crippen LogP contribution in [0.25, 0.3) is 0 Å². The summed E-state index contributed by atoms with van der Waals surface area (Å²) < 4.78 is 13.3. The lowest BCUT2D eigenvalue weighted by Crippen LogP contribution is -2.21. The Morgan fingerprint density at radius 2 is 2.14 bits per heavy atom. The highest BCUT2D eigenvalue weighted by Gasteiger charge is 2.11. The molecule has 0 aliphatic heterocycles. The Balaban J connectivity index is 2.03. The van der Waals surface area contributed by atoms with Gasteiger partial charge in [0.1, 0.15) is 5.82 Å². The van der Waals surface area contributed by atoms with Gasteiger partial charge in [0, 0.05) is 17.0 Å². The van der Waals surface area contributed by atoms with Crippen LogP contribution < -0.4 is 5.32 Å². The number of aliphatic hydroxyl groups is 1. The van der Waals surface area contributed by atoms with Gasteiger partial charge in [0.2, 0.25) is 0 Å². The molecule has 2 N–H and O–H groups in total. The van der Waals surface area contributed by atoms with E-state index in [0.717, 1.165) is 17.5 Å². The Kier molecular flexibility index (Phi) is 5.09. The topological polar surface area (TPSA) is 49.3 Å². The third kappa shape index (κ3) is 3.68. The summed E-state index contributed by atoms with van der Waals surface area (Å²) in [5.74, 6) is -0.563. The lowest BCUT2D eigenvalue weighted by Gasteiger charge is -2.06. The minimum atomic E-state index is -0.436. The first-order valence-corrected chi connectivity index (χ1v) is 7.62. The predicted octanol–water partition coefficient (Wildman–Crippen LogP) is 3.18. The van der Waals surface area contributed by atoms with E-state index in [1.165, 1.54) is 22.3 Å². The van der Waals surface area contributed by atoms with Crippen LogP contribution in [0.1, 0.15) is 38.2 Å². The van der Waals surface area contributed by atoms with Gasteiger partial charge >= 0.3 is 0 Å².